The lowest BCUT2D eigenvalue weighted by Gasteiger charge is -2.50. The molecule has 4 atom stereocenters. The summed E-state index contributed by atoms with van der Waals surface area (Å²) in [4.78, 5) is 24.3. The third-order valence-electron chi connectivity index (χ3n) is 6.95. The number of esters is 1. The Labute approximate surface area is 126 Å². The third kappa shape index (κ3) is 1.72. The van der Waals surface area contributed by atoms with Gasteiger partial charge in [-0.15, -0.1) is 0 Å². The number of carbonyl (C=O) groups is 2. The van der Waals surface area contributed by atoms with Gasteiger partial charge in [0.2, 0.25) is 0 Å². The van der Waals surface area contributed by atoms with Crippen LogP contribution >= 0.6 is 0 Å². The molecule has 4 unspecified atom stereocenters. The molecule has 3 aliphatic carbocycles. The van der Waals surface area contributed by atoms with Crippen molar-refractivity contribution in [3.8, 4) is 0 Å². The molecule has 3 nitrogen and oxygen atoms in total. The molecular weight excluding hydrogens is 264 g/mol. The summed E-state index contributed by atoms with van der Waals surface area (Å²) < 4.78 is 5.84. The first-order chi connectivity index (χ1) is 9.94. The highest BCUT2D eigenvalue weighted by molar-refractivity contribution is 5.88. The number of hydrogen-bond donors (Lipinski definition) is 0. The summed E-state index contributed by atoms with van der Waals surface area (Å²) in [6, 6.07) is 0. The van der Waals surface area contributed by atoms with E-state index in [9.17, 15) is 9.59 Å². The summed E-state index contributed by atoms with van der Waals surface area (Å²) in [6.45, 7) is 4.57. The molecule has 0 N–H and O–H groups in total. The number of ether oxygens (including phenoxy) is 1. The van der Waals surface area contributed by atoms with Crippen LogP contribution in [0.15, 0.2) is 11.3 Å². The van der Waals surface area contributed by atoms with Gasteiger partial charge in [0.1, 0.15) is 11.5 Å². The average Bonchev–Trinajstić information content (AvgIpc) is 2.83. The number of carbonyl (C=O) groups excluding carboxylic acids is 2. The van der Waals surface area contributed by atoms with Crippen molar-refractivity contribution >= 4 is 11.8 Å². The lowest BCUT2D eigenvalue weighted by atomic mass is 9.56. The van der Waals surface area contributed by atoms with Crippen molar-refractivity contribution in [3.63, 3.8) is 0 Å². The standard InChI is InChI=1S/C18H24O3/c1-17-7-3-4-12(17)15-13(6-8-17)18(2)9-5-11(19)10-14(18)16(20)21-15/h12,14H,3-10H2,1-2H3. The summed E-state index contributed by atoms with van der Waals surface area (Å²) in [5.41, 5.74) is 1.58. The second kappa shape index (κ2) is 4.21. The first-order valence-electron chi connectivity index (χ1n) is 8.41. The first-order valence-corrected chi connectivity index (χ1v) is 8.41. The van der Waals surface area contributed by atoms with Crippen LogP contribution in [0.3, 0.4) is 0 Å². The number of ketones is 1. The van der Waals surface area contributed by atoms with Crippen molar-refractivity contribution in [1.82, 2.24) is 0 Å². The fourth-order valence-corrected chi connectivity index (χ4v) is 5.44. The van der Waals surface area contributed by atoms with E-state index >= 15 is 0 Å². The predicted octanol–water partition coefficient (Wildman–Crippen LogP) is 3.77. The van der Waals surface area contributed by atoms with Gasteiger partial charge >= 0.3 is 5.97 Å². The fourth-order valence-electron chi connectivity index (χ4n) is 5.44. The normalized spacial score (nSPS) is 45.8. The molecular formula is C18H24O3. The second-order valence-electron chi connectivity index (χ2n) is 8.08. The van der Waals surface area contributed by atoms with Gasteiger partial charge in [-0.3, -0.25) is 9.59 Å². The molecule has 1 aliphatic heterocycles. The van der Waals surface area contributed by atoms with E-state index in [-0.39, 0.29) is 23.1 Å². The first kappa shape index (κ1) is 13.5. The smallest absolute Gasteiger partial charge is 0.315 e. The summed E-state index contributed by atoms with van der Waals surface area (Å²) >= 11 is 0. The zero-order chi connectivity index (χ0) is 14.8. The molecule has 0 aromatic heterocycles. The molecule has 114 valence electrons. The van der Waals surface area contributed by atoms with E-state index in [1.807, 2.05) is 0 Å². The quantitative estimate of drug-likeness (QED) is 0.637. The van der Waals surface area contributed by atoms with Crippen molar-refractivity contribution in [3.05, 3.63) is 11.3 Å². The lowest BCUT2D eigenvalue weighted by Crippen LogP contribution is -2.48. The Morgan fingerprint density at radius 2 is 1.86 bits per heavy atom. The van der Waals surface area contributed by atoms with Crippen LogP contribution in [0, 0.1) is 22.7 Å². The van der Waals surface area contributed by atoms with Crippen molar-refractivity contribution in [2.24, 2.45) is 22.7 Å². The third-order valence-corrected chi connectivity index (χ3v) is 6.95. The Hall–Kier alpha value is -1.12. The van der Waals surface area contributed by atoms with Crippen LogP contribution in [0.1, 0.15) is 65.2 Å². The van der Waals surface area contributed by atoms with Crippen LogP contribution in [0.2, 0.25) is 0 Å². The highest BCUT2D eigenvalue weighted by Gasteiger charge is 2.56. The van der Waals surface area contributed by atoms with Crippen LogP contribution in [-0.2, 0) is 14.3 Å². The Kier molecular flexibility index (Phi) is 2.71. The molecule has 0 bridgehead atoms. The molecule has 0 saturated heterocycles. The molecule has 4 rings (SSSR count). The maximum Gasteiger partial charge on any atom is 0.315 e. The molecule has 0 amide bonds. The van der Waals surface area contributed by atoms with Gasteiger partial charge < -0.3 is 4.74 Å². The van der Waals surface area contributed by atoms with Crippen LogP contribution in [0.25, 0.3) is 0 Å². The molecule has 0 radical (unpaired) electrons. The van der Waals surface area contributed by atoms with E-state index in [0.717, 1.165) is 25.0 Å². The predicted molar refractivity (Wildman–Crippen MR) is 78.3 cm³/mol. The van der Waals surface area contributed by atoms with Gasteiger partial charge in [0.25, 0.3) is 0 Å². The maximum absolute atomic E-state index is 12.5. The molecule has 2 saturated carbocycles. The minimum Gasteiger partial charge on any atom is -0.431 e. The molecule has 0 aromatic rings. The van der Waals surface area contributed by atoms with Gasteiger partial charge in [-0.25, -0.2) is 0 Å². The minimum absolute atomic E-state index is 0.123. The van der Waals surface area contributed by atoms with Crippen molar-refractivity contribution < 1.29 is 14.3 Å². The number of fused-ring (bicyclic) bond motifs is 4. The number of hydrogen-bond acceptors (Lipinski definition) is 3. The van der Waals surface area contributed by atoms with Crippen LogP contribution in [-0.4, -0.2) is 11.8 Å². The second-order valence-corrected chi connectivity index (χ2v) is 8.08. The Morgan fingerprint density at radius 3 is 2.67 bits per heavy atom. The molecule has 1 heterocycles. The van der Waals surface area contributed by atoms with Crippen molar-refractivity contribution in [2.75, 3.05) is 0 Å². The summed E-state index contributed by atoms with van der Waals surface area (Å²) in [5, 5.41) is 0. The monoisotopic (exact) mass is 288 g/mol. The number of rotatable bonds is 0. The van der Waals surface area contributed by atoms with Gasteiger partial charge in [-0.2, -0.15) is 0 Å². The van der Waals surface area contributed by atoms with Gasteiger partial charge in [0, 0.05) is 24.2 Å². The number of Topliss-reactive ketones (excluding diaryl/α,β-unsaturated/α-hetero) is 1. The highest BCUT2D eigenvalue weighted by Crippen LogP contribution is 2.61. The Bertz CT molecular complexity index is 561. The van der Waals surface area contributed by atoms with Gasteiger partial charge in [-0.05, 0) is 43.1 Å². The maximum atomic E-state index is 12.5. The lowest BCUT2D eigenvalue weighted by molar-refractivity contribution is -0.158. The average molecular weight is 288 g/mol. The van der Waals surface area contributed by atoms with E-state index in [1.54, 1.807) is 0 Å². The van der Waals surface area contributed by atoms with E-state index in [0.29, 0.717) is 24.2 Å². The highest BCUT2D eigenvalue weighted by atomic mass is 16.5. The molecule has 21 heavy (non-hydrogen) atoms. The molecule has 3 heteroatoms. The van der Waals surface area contributed by atoms with Gasteiger partial charge in [0.15, 0.2) is 0 Å². The van der Waals surface area contributed by atoms with Crippen LogP contribution < -0.4 is 0 Å². The number of allylic oxidation sites excluding steroid dienone is 2. The van der Waals surface area contributed by atoms with Gasteiger partial charge in [0.05, 0.1) is 5.92 Å². The largest absolute Gasteiger partial charge is 0.431 e. The summed E-state index contributed by atoms with van der Waals surface area (Å²) in [7, 11) is 0. The Morgan fingerprint density at radius 1 is 1.05 bits per heavy atom. The Balaban J connectivity index is 1.80. The van der Waals surface area contributed by atoms with E-state index in [1.165, 1.54) is 24.8 Å². The zero-order valence-electron chi connectivity index (χ0n) is 13.0. The molecule has 0 spiro atoms. The fraction of sp³-hybridized carbons (Fsp3) is 0.778. The van der Waals surface area contributed by atoms with Crippen LogP contribution in [0.4, 0.5) is 0 Å². The molecule has 2 fully saturated rings. The van der Waals surface area contributed by atoms with E-state index < -0.39 is 0 Å². The summed E-state index contributed by atoms with van der Waals surface area (Å²) in [6.07, 6.45) is 7.75. The zero-order valence-corrected chi connectivity index (χ0v) is 13.0. The molecule has 4 aliphatic rings. The minimum atomic E-state index is -0.233. The summed E-state index contributed by atoms with van der Waals surface area (Å²) in [5.74, 6) is 1.30. The van der Waals surface area contributed by atoms with Crippen molar-refractivity contribution in [2.45, 2.75) is 65.2 Å². The van der Waals surface area contributed by atoms with Gasteiger partial charge in [-0.1, -0.05) is 20.3 Å². The van der Waals surface area contributed by atoms with Crippen LogP contribution in [0.5, 0.6) is 0 Å². The van der Waals surface area contributed by atoms with E-state index in [4.69, 9.17) is 4.74 Å². The topological polar surface area (TPSA) is 43.4 Å². The van der Waals surface area contributed by atoms with E-state index in [2.05, 4.69) is 13.8 Å². The van der Waals surface area contributed by atoms with Crippen molar-refractivity contribution in [1.29, 1.82) is 0 Å². The molecule has 0 aromatic carbocycles. The SMILES string of the molecule is CC12CCCC1C1=C(CC2)C2(C)CCC(=O)CC2C(=O)O1.